The normalized spacial score (nSPS) is 12.1. The molecule has 1 atom stereocenters. The molecule has 0 spiro atoms. The number of nitrogens with one attached hydrogen (secondary N) is 1. The Hall–Kier alpha value is -1.65. The van der Waals surface area contributed by atoms with E-state index in [2.05, 4.69) is 71.5 Å². The third-order valence-corrected chi connectivity index (χ3v) is 4.98. The van der Waals surface area contributed by atoms with Crippen LogP contribution in [0.5, 0.6) is 0 Å². The molecule has 1 heterocycles. The van der Waals surface area contributed by atoms with E-state index in [1.165, 1.54) is 10.4 Å². The van der Waals surface area contributed by atoms with Gasteiger partial charge < -0.3 is 5.32 Å². The molecule has 0 fully saturated rings. The maximum atomic E-state index is 4.77. The lowest BCUT2D eigenvalue weighted by atomic mass is 10.1. The third kappa shape index (κ3) is 3.39. The van der Waals surface area contributed by atoms with Crippen molar-refractivity contribution in [3.8, 4) is 11.3 Å². The van der Waals surface area contributed by atoms with Crippen LogP contribution >= 0.6 is 27.3 Å². The average Bonchev–Trinajstić information content (AvgIpc) is 2.89. The van der Waals surface area contributed by atoms with Gasteiger partial charge in [0.05, 0.1) is 11.7 Å². The largest absolute Gasteiger partial charge is 0.355 e. The summed E-state index contributed by atoms with van der Waals surface area (Å²) in [4.78, 5) is 5.99. The maximum absolute atomic E-state index is 4.77. The number of aromatic nitrogens is 1. The molecule has 4 heteroatoms. The van der Waals surface area contributed by atoms with Gasteiger partial charge in [-0.05, 0) is 31.5 Å². The molecule has 0 aliphatic rings. The van der Waals surface area contributed by atoms with Crippen molar-refractivity contribution in [2.24, 2.45) is 0 Å². The molecule has 0 radical (unpaired) electrons. The van der Waals surface area contributed by atoms with Crippen LogP contribution in [0.2, 0.25) is 0 Å². The summed E-state index contributed by atoms with van der Waals surface area (Å²) >= 11 is 5.17. The second-order valence-corrected chi connectivity index (χ2v) is 7.33. The van der Waals surface area contributed by atoms with Crippen LogP contribution in [0.1, 0.15) is 23.4 Å². The zero-order valence-corrected chi connectivity index (χ0v) is 14.9. The molecule has 0 bridgehead atoms. The van der Waals surface area contributed by atoms with Gasteiger partial charge in [-0.25, -0.2) is 4.98 Å². The Morgan fingerprint density at radius 1 is 1.05 bits per heavy atom. The van der Waals surface area contributed by atoms with E-state index in [-0.39, 0.29) is 6.04 Å². The quantitative estimate of drug-likeness (QED) is 0.602. The lowest BCUT2D eigenvalue weighted by molar-refractivity contribution is 0.882. The monoisotopic (exact) mass is 372 g/mol. The number of benzene rings is 2. The lowest BCUT2D eigenvalue weighted by Crippen LogP contribution is -2.05. The van der Waals surface area contributed by atoms with Gasteiger partial charge in [-0.1, -0.05) is 58.4 Å². The van der Waals surface area contributed by atoms with Gasteiger partial charge in [0.2, 0.25) is 0 Å². The molecule has 0 aliphatic carbocycles. The van der Waals surface area contributed by atoms with E-state index in [4.69, 9.17) is 4.98 Å². The highest BCUT2D eigenvalue weighted by atomic mass is 79.9. The minimum absolute atomic E-state index is 0.240. The molecule has 112 valence electrons. The number of nitrogens with zero attached hydrogens (tertiary/aromatic N) is 1. The first-order valence-electron chi connectivity index (χ1n) is 7.18. The van der Waals surface area contributed by atoms with Crippen LogP contribution in [0.3, 0.4) is 0 Å². The van der Waals surface area contributed by atoms with E-state index < -0.39 is 0 Å². The molecule has 2 nitrogen and oxygen atoms in total. The minimum atomic E-state index is 0.240. The Morgan fingerprint density at radius 3 is 2.41 bits per heavy atom. The van der Waals surface area contributed by atoms with Crippen LogP contribution in [0.4, 0.5) is 5.13 Å². The van der Waals surface area contributed by atoms with Crippen molar-refractivity contribution in [2.75, 3.05) is 5.32 Å². The Morgan fingerprint density at radius 2 is 1.73 bits per heavy atom. The maximum Gasteiger partial charge on any atom is 0.183 e. The highest BCUT2D eigenvalue weighted by Gasteiger charge is 2.12. The number of rotatable bonds is 4. The van der Waals surface area contributed by atoms with Crippen molar-refractivity contribution in [3.05, 3.63) is 69.5 Å². The molecular formula is C18H17BrN2S. The summed E-state index contributed by atoms with van der Waals surface area (Å²) in [5.74, 6) is 0. The van der Waals surface area contributed by atoms with Crippen LogP contribution in [-0.4, -0.2) is 4.98 Å². The zero-order chi connectivity index (χ0) is 15.5. The zero-order valence-electron chi connectivity index (χ0n) is 12.5. The van der Waals surface area contributed by atoms with Crippen molar-refractivity contribution >= 4 is 32.4 Å². The van der Waals surface area contributed by atoms with Crippen LogP contribution in [0.25, 0.3) is 11.3 Å². The van der Waals surface area contributed by atoms with Crippen LogP contribution in [0, 0.1) is 6.92 Å². The van der Waals surface area contributed by atoms with Gasteiger partial charge in [-0.15, -0.1) is 11.3 Å². The molecular weight excluding hydrogens is 356 g/mol. The first-order valence-corrected chi connectivity index (χ1v) is 8.79. The fraction of sp³-hybridized carbons (Fsp3) is 0.167. The molecule has 3 aromatic rings. The van der Waals surface area contributed by atoms with Crippen molar-refractivity contribution in [1.29, 1.82) is 0 Å². The Balaban J connectivity index is 1.82. The molecule has 22 heavy (non-hydrogen) atoms. The van der Waals surface area contributed by atoms with E-state index in [1.807, 2.05) is 18.2 Å². The van der Waals surface area contributed by atoms with Crippen molar-refractivity contribution < 1.29 is 0 Å². The minimum Gasteiger partial charge on any atom is -0.355 e. The molecule has 0 unspecified atom stereocenters. The van der Waals surface area contributed by atoms with E-state index in [9.17, 15) is 0 Å². The van der Waals surface area contributed by atoms with E-state index >= 15 is 0 Å². The van der Waals surface area contributed by atoms with Crippen molar-refractivity contribution in [3.63, 3.8) is 0 Å². The summed E-state index contributed by atoms with van der Waals surface area (Å²) in [5.41, 5.74) is 3.47. The summed E-state index contributed by atoms with van der Waals surface area (Å²) in [6.07, 6.45) is 0. The number of hydrogen-bond acceptors (Lipinski definition) is 3. The first-order chi connectivity index (χ1) is 10.6. The summed E-state index contributed by atoms with van der Waals surface area (Å²) in [5, 5.41) is 4.46. The van der Waals surface area contributed by atoms with E-state index in [0.717, 1.165) is 20.9 Å². The Bertz CT molecular complexity index is 751. The van der Waals surface area contributed by atoms with Crippen molar-refractivity contribution in [1.82, 2.24) is 4.98 Å². The predicted molar refractivity (Wildman–Crippen MR) is 98.5 cm³/mol. The van der Waals surface area contributed by atoms with Crippen LogP contribution in [0.15, 0.2) is 59.1 Å². The number of halogens is 1. The molecule has 0 saturated heterocycles. The molecule has 0 saturated carbocycles. The van der Waals surface area contributed by atoms with E-state index in [1.54, 1.807) is 11.3 Å². The van der Waals surface area contributed by atoms with Gasteiger partial charge in [0, 0.05) is 14.9 Å². The molecule has 2 aromatic carbocycles. The lowest BCUT2D eigenvalue weighted by Gasteiger charge is -2.12. The van der Waals surface area contributed by atoms with Gasteiger partial charge in [0.25, 0.3) is 0 Å². The molecule has 0 aliphatic heterocycles. The van der Waals surface area contributed by atoms with Gasteiger partial charge >= 0.3 is 0 Å². The molecule has 1 aromatic heterocycles. The van der Waals surface area contributed by atoms with Crippen LogP contribution < -0.4 is 5.32 Å². The standard InChI is InChI=1S/C18H17BrN2S/c1-12(14-6-4-3-5-7-14)20-18-21-17(13(2)22-18)15-8-10-16(19)11-9-15/h3-12H,1-2H3,(H,20,21)/t12-/m1/s1. The summed E-state index contributed by atoms with van der Waals surface area (Å²) < 4.78 is 1.08. The number of hydrogen-bond donors (Lipinski definition) is 1. The second-order valence-electron chi connectivity index (χ2n) is 5.21. The fourth-order valence-electron chi connectivity index (χ4n) is 2.34. The molecule has 1 N–H and O–H groups in total. The third-order valence-electron chi connectivity index (χ3n) is 3.55. The smallest absolute Gasteiger partial charge is 0.183 e. The van der Waals surface area contributed by atoms with Gasteiger partial charge in [-0.3, -0.25) is 0 Å². The van der Waals surface area contributed by atoms with Crippen molar-refractivity contribution in [2.45, 2.75) is 19.9 Å². The van der Waals surface area contributed by atoms with Gasteiger partial charge in [-0.2, -0.15) is 0 Å². The van der Waals surface area contributed by atoms with Crippen LogP contribution in [-0.2, 0) is 0 Å². The Kier molecular flexibility index (Phi) is 4.60. The highest BCUT2D eigenvalue weighted by Crippen LogP contribution is 2.32. The number of aryl methyl sites for hydroxylation is 1. The summed E-state index contributed by atoms with van der Waals surface area (Å²) in [6.45, 7) is 4.28. The van der Waals surface area contributed by atoms with Gasteiger partial charge in [0.15, 0.2) is 5.13 Å². The summed E-state index contributed by atoms with van der Waals surface area (Å²) in [7, 11) is 0. The molecule has 3 rings (SSSR count). The molecule has 0 amide bonds. The second kappa shape index (κ2) is 6.63. The topological polar surface area (TPSA) is 24.9 Å². The summed E-state index contributed by atoms with van der Waals surface area (Å²) in [6, 6.07) is 19.0. The highest BCUT2D eigenvalue weighted by molar-refractivity contribution is 9.10. The number of thiazole rings is 1. The average molecular weight is 373 g/mol. The van der Waals surface area contributed by atoms with E-state index in [0.29, 0.717) is 0 Å². The predicted octanol–water partition coefficient (Wildman–Crippen LogP) is 6.05. The first kappa shape index (κ1) is 15.3. The SMILES string of the molecule is Cc1sc(N[C@H](C)c2ccccc2)nc1-c1ccc(Br)cc1. The Labute approximate surface area is 143 Å². The number of anilines is 1. The fourth-order valence-corrected chi connectivity index (χ4v) is 3.53. The van der Waals surface area contributed by atoms with Gasteiger partial charge in [0.1, 0.15) is 0 Å².